The van der Waals surface area contributed by atoms with E-state index in [0.717, 1.165) is 31.7 Å². The fraction of sp³-hybridized carbons (Fsp3) is 0.600. The maximum atomic E-state index is 13.5. The van der Waals surface area contributed by atoms with E-state index in [2.05, 4.69) is 10.3 Å². The van der Waals surface area contributed by atoms with Crippen LogP contribution in [0.15, 0.2) is 18.2 Å². The van der Waals surface area contributed by atoms with Gasteiger partial charge in [0.1, 0.15) is 11.5 Å². The van der Waals surface area contributed by atoms with Gasteiger partial charge in [-0.3, -0.25) is 0 Å². The van der Waals surface area contributed by atoms with Gasteiger partial charge in [0.05, 0.1) is 6.10 Å². The summed E-state index contributed by atoms with van der Waals surface area (Å²) in [5, 5.41) is 11.7. The Hall–Kier alpha value is -1.76. The van der Waals surface area contributed by atoms with Crippen LogP contribution >= 0.6 is 0 Å². The maximum absolute atomic E-state index is 13.5. The van der Waals surface area contributed by atoms with Crippen LogP contribution in [0.4, 0.5) is 14.6 Å². The number of rotatable bonds is 5. The number of aliphatic carboxylic acids is 1. The summed E-state index contributed by atoms with van der Waals surface area (Å²) in [6.07, 6.45) is 4.37. The summed E-state index contributed by atoms with van der Waals surface area (Å²) >= 11 is 0. The van der Waals surface area contributed by atoms with Crippen LogP contribution in [-0.4, -0.2) is 35.3 Å². The van der Waals surface area contributed by atoms with E-state index >= 15 is 0 Å². The molecule has 2 aliphatic carbocycles. The molecule has 3 rings (SSSR count). The highest BCUT2D eigenvalue weighted by Gasteiger charge is 2.53. The number of hydrogen-bond donors (Lipinski definition) is 2. The summed E-state index contributed by atoms with van der Waals surface area (Å²) in [5.41, 5.74) is -0.414. The zero-order chi connectivity index (χ0) is 16.0. The summed E-state index contributed by atoms with van der Waals surface area (Å²) in [4.78, 5) is 14.3. The van der Waals surface area contributed by atoms with Crippen LogP contribution in [0.5, 0.6) is 0 Å². The number of methoxy groups -OCH3 is 1. The van der Waals surface area contributed by atoms with Crippen molar-refractivity contribution in [2.45, 2.75) is 43.8 Å². The molecule has 0 aromatic carbocycles. The van der Waals surface area contributed by atoms with Gasteiger partial charge in [0.2, 0.25) is 0 Å². The first-order valence-corrected chi connectivity index (χ1v) is 7.23. The quantitative estimate of drug-likeness (QED) is 0.874. The Morgan fingerprint density at radius 1 is 1.41 bits per heavy atom. The van der Waals surface area contributed by atoms with Crippen LogP contribution in [0.1, 0.15) is 31.4 Å². The van der Waals surface area contributed by atoms with E-state index in [1.807, 2.05) is 0 Å². The average Bonchev–Trinajstić information content (AvgIpc) is 2.40. The lowest BCUT2D eigenvalue weighted by atomic mass is 9.53. The molecule has 0 aliphatic heterocycles. The van der Waals surface area contributed by atoms with E-state index in [1.54, 1.807) is 13.2 Å². The van der Waals surface area contributed by atoms with Crippen LogP contribution in [0, 0.1) is 5.41 Å². The molecule has 0 bridgehead atoms. The Morgan fingerprint density at radius 2 is 2.09 bits per heavy atom. The topological polar surface area (TPSA) is 71.5 Å². The van der Waals surface area contributed by atoms with Gasteiger partial charge in [0.25, 0.3) is 0 Å². The van der Waals surface area contributed by atoms with Gasteiger partial charge in [0, 0.05) is 13.2 Å². The minimum atomic E-state index is -3.97. The molecule has 0 radical (unpaired) electrons. The second-order valence-electron chi connectivity index (χ2n) is 6.30. The van der Waals surface area contributed by atoms with E-state index in [9.17, 15) is 13.6 Å². The minimum Gasteiger partial charge on any atom is -0.476 e. The summed E-state index contributed by atoms with van der Waals surface area (Å²) in [6.45, 7) is 0. The minimum absolute atomic E-state index is 0.194. The summed E-state index contributed by atoms with van der Waals surface area (Å²) < 4.78 is 32.2. The van der Waals surface area contributed by atoms with Gasteiger partial charge in [0.15, 0.2) is 0 Å². The van der Waals surface area contributed by atoms with Gasteiger partial charge in [-0.1, -0.05) is 6.07 Å². The van der Waals surface area contributed by atoms with Gasteiger partial charge >= 0.3 is 11.9 Å². The summed E-state index contributed by atoms with van der Waals surface area (Å²) in [6, 6.07) is 4.18. The molecule has 1 aromatic rings. The van der Waals surface area contributed by atoms with Crippen molar-refractivity contribution in [3.05, 3.63) is 23.9 Å². The number of pyridine rings is 1. The summed E-state index contributed by atoms with van der Waals surface area (Å²) in [5.74, 6) is -5.88. The molecule has 2 fully saturated rings. The molecule has 0 atom stereocenters. The maximum Gasteiger partial charge on any atom is 0.384 e. The van der Waals surface area contributed by atoms with Crippen molar-refractivity contribution in [3.63, 3.8) is 0 Å². The van der Waals surface area contributed by atoms with Crippen molar-refractivity contribution in [1.29, 1.82) is 0 Å². The highest BCUT2D eigenvalue weighted by molar-refractivity contribution is 5.76. The highest BCUT2D eigenvalue weighted by atomic mass is 19.3. The zero-order valence-corrected chi connectivity index (χ0v) is 12.2. The van der Waals surface area contributed by atoms with Crippen molar-refractivity contribution < 1.29 is 23.4 Å². The average molecular weight is 312 g/mol. The molecule has 7 heteroatoms. The van der Waals surface area contributed by atoms with Crippen molar-refractivity contribution in [3.8, 4) is 0 Å². The van der Waals surface area contributed by atoms with Crippen LogP contribution in [0.25, 0.3) is 0 Å². The third-order valence-corrected chi connectivity index (χ3v) is 4.70. The molecule has 120 valence electrons. The number of nitrogens with one attached hydrogen (secondary N) is 1. The third kappa shape index (κ3) is 2.54. The van der Waals surface area contributed by atoms with E-state index < -0.39 is 17.6 Å². The van der Waals surface area contributed by atoms with Crippen LogP contribution < -0.4 is 5.32 Å². The standard InChI is InChI=1S/C15H18F2N2O3/c1-22-10-7-14(8-10)5-9(6-14)18-12-4-2-3-11(19-12)15(16,17)13(20)21/h2-4,9-10H,5-8H2,1H3,(H,18,19)(H,20,21). The predicted octanol–water partition coefficient (Wildman–Crippen LogP) is 2.63. The largest absolute Gasteiger partial charge is 0.476 e. The molecule has 1 aromatic heterocycles. The van der Waals surface area contributed by atoms with Gasteiger partial charge in [-0.2, -0.15) is 8.78 Å². The van der Waals surface area contributed by atoms with E-state index in [-0.39, 0.29) is 6.04 Å². The lowest BCUT2D eigenvalue weighted by Gasteiger charge is -2.57. The molecule has 2 aliphatic rings. The van der Waals surface area contributed by atoms with Crippen molar-refractivity contribution >= 4 is 11.8 Å². The molecule has 2 N–H and O–H groups in total. The second-order valence-corrected chi connectivity index (χ2v) is 6.30. The van der Waals surface area contributed by atoms with Crippen LogP contribution in [0.2, 0.25) is 0 Å². The fourth-order valence-electron chi connectivity index (χ4n) is 3.50. The lowest BCUT2D eigenvalue weighted by Crippen LogP contribution is -2.55. The van der Waals surface area contributed by atoms with Crippen molar-refractivity contribution in [2.75, 3.05) is 12.4 Å². The third-order valence-electron chi connectivity index (χ3n) is 4.70. The van der Waals surface area contributed by atoms with Crippen LogP contribution in [0.3, 0.4) is 0 Å². The molecule has 0 amide bonds. The Bertz CT molecular complexity index is 580. The van der Waals surface area contributed by atoms with E-state index in [4.69, 9.17) is 9.84 Å². The molecule has 5 nitrogen and oxygen atoms in total. The normalized spacial score (nSPS) is 30.5. The lowest BCUT2D eigenvalue weighted by molar-refractivity contribution is -0.166. The van der Waals surface area contributed by atoms with Gasteiger partial charge in [-0.25, -0.2) is 9.78 Å². The van der Waals surface area contributed by atoms with Gasteiger partial charge in [-0.15, -0.1) is 0 Å². The first-order chi connectivity index (χ1) is 10.3. The number of nitrogens with zero attached hydrogens (tertiary/aromatic N) is 1. The van der Waals surface area contributed by atoms with Gasteiger partial charge < -0.3 is 15.2 Å². The number of halogens is 2. The molecule has 1 spiro atoms. The highest BCUT2D eigenvalue weighted by Crippen LogP contribution is 2.57. The molecular formula is C15H18F2N2O3. The molecular weight excluding hydrogens is 294 g/mol. The molecule has 22 heavy (non-hydrogen) atoms. The number of carbonyl (C=O) groups is 1. The fourth-order valence-corrected chi connectivity index (χ4v) is 3.50. The molecule has 0 unspecified atom stereocenters. The Kier molecular flexibility index (Phi) is 3.55. The zero-order valence-electron chi connectivity index (χ0n) is 12.2. The number of anilines is 1. The SMILES string of the molecule is COC1CC2(CC(Nc3cccc(C(F)(F)C(=O)O)n3)C2)C1. The number of hydrogen-bond acceptors (Lipinski definition) is 4. The summed E-state index contributed by atoms with van der Waals surface area (Å²) in [7, 11) is 1.71. The molecule has 0 saturated heterocycles. The van der Waals surface area contributed by atoms with Gasteiger partial charge in [-0.05, 0) is 43.2 Å². The molecule has 2 saturated carbocycles. The number of ether oxygens (including phenoxy) is 1. The first-order valence-electron chi connectivity index (χ1n) is 7.23. The monoisotopic (exact) mass is 312 g/mol. The van der Waals surface area contributed by atoms with Crippen molar-refractivity contribution in [1.82, 2.24) is 4.98 Å². The van der Waals surface area contributed by atoms with Crippen LogP contribution in [-0.2, 0) is 15.5 Å². The Morgan fingerprint density at radius 3 is 2.68 bits per heavy atom. The number of carboxylic acids is 1. The molecule has 1 heterocycles. The predicted molar refractivity (Wildman–Crippen MR) is 74.9 cm³/mol. The van der Waals surface area contributed by atoms with E-state index in [1.165, 1.54) is 6.07 Å². The smallest absolute Gasteiger partial charge is 0.384 e. The second kappa shape index (κ2) is 5.15. The van der Waals surface area contributed by atoms with E-state index in [0.29, 0.717) is 17.3 Å². The Balaban J connectivity index is 1.60. The van der Waals surface area contributed by atoms with Crippen molar-refractivity contribution in [2.24, 2.45) is 5.41 Å². The number of aromatic nitrogens is 1. The first kappa shape index (κ1) is 15.1. The Labute approximate surface area is 126 Å². The number of alkyl halides is 2. The number of carboxylic acid groups (broad SMARTS) is 1.